The van der Waals surface area contributed by atoms with Crippen LogP contribution in [0.4, 0.5) is 4.79 Å². The number of rotatable bonds is 3. The molecule has 0 spiro atoms. The summed E-state index contributed by atoms with van der Waals surface area (Å²) in [4.78, 5) is 12.7. The molecular formula is C8H13N3O. The molecule has 0 aliphatic heterocycles. The second-order valence-corrected chi connectivity index (χ2v) is 3.05. The van der Waals surface area contributed by atoms with E-state index in [0.29, 0.717) is 19.0 Å². The molecule has 0 saturated heterocycles. The third-order valence-electron chi connectivity index (χ3n) is 1.81. The molecule has 12 heavy (non-hydrogen) atoms. The lowest BCUT2D eigenvalue weighted by Crippen LogP contribution is -2.38. The normalized spacial score (nSPS) is 15.0. The molecule has 2 amide bonds. The van der Waals surface area contributed by atoms with Crippen LogP contribution < -0.4 is 5.32 Å². The van der Waals surface area contributed by atoms with E-state index in [9.17, 15) is 4.79 Å². The average molecular weight is 167 g/mol. The Balaban J connectivity index is 2.16. The van der Waals surface area contributed by atoms with Crippen molar-refractivity contribution in [2.24, 2.45) is 0 Å². The van der Waals surface area contributed by atoms with E-state index >= 15 is 0 Å². The van der Waals surface area contributed by atoms with Gasteiger partial charge in [-0.1, -0.05) is 0 Å². The highest BCUT2D eigenvalue weighted by molar-refractivity contribution is 5.74. The molecule has 1 saturated carbocycles. The van der Waals surface area contributed by atoms with Crippen molar-refractivity contribution >= 4 is 6.03 Å². The van der Waals surface area contributed by atoms with Gasteiger partial charge in [-0.05, 0) is 12.8 Å². The fourth-order valence-corrected chi connectivity index (χ4v) is 0.832. The van der Waals surface area contributed by atoms with Crippen LogP contribution in [0.3, 0.4) is 0 Å². The first kappa shape index (κ1) is 8.85. The second kappa shape index (κ2) is 3.96. The van der Waals surface area contributed by atoms with Crippen molar-refractivity contribution in [3.8, 4) is 6.07 Å². The van der Waals surface area contributed by atoms with Gasteiger partial charge in [-0.3, -0.25) is 0 Å². The molecule has 4 heteroatoms. The van der Waals surface area contributed by atoms with Gasteiger partial charge in [0, 0.05) is 19.6 Å². The number of carbonyl (C=O) groups excluding carboxylic acids is 1. The molecule has 1 fully saturated rings. The lowest BCUT2D eigenvalue weighted by atomic mass is 10.4. The highest BCUT2D eigenvalue weighted by Crippen LogP contribution is 2.18. The molecule has 0 unspecified atom stereocenters. The van der Waals surface area contributed by atoms with Crippen LogP contribution in [-0.4, -0.2) is 30.6 Å². The Kier molecular flexibility index (Phi) is 2.92. The van der Waals surface area contributed by atoms with Crippen molar-refractivity contribution in [3.05, 3.63) is 0 Å². The first-order valence-electron chi connectivity index (χ1n) is 4.12. The monoisotopic (exact) mass is 167 g/mol. The highest BCUT2D eigenvalue weighted by Gasteiger charge is 2.24. The average Bonchev–Trinajstić information content (AvgIpc) is 2.83. The van der Waals surface area contributed by atoms with E-state index < -0.39 is 0 Å². The summed E-state index contributed by atoms with van der Waals surface area (Å²) >= 11 is 0. The maximum Gasteiger partial charge on any atom is 0.317 e. The fraction of sp³-hybridized carbons (Fsp3) is 0.750. The van der Waals surface area contributed by atoms with Crippen LogP contribution in [0.2, 0.25) is 0 Å². The summed E-state index contributed by atoms with van der Waals surface area (Å²) in [7, 11) is 1.70. The van der Waals surface area contributed by atoms with Gasteiger partial charge in [-0.2, -0.15) is 5.26 Å². The molecule has 1 N–H and O–H groups in total. The van der Waals surface area contributed by atoms with Crippen LogP contribution in [0, 0.1) is 11.3 Å². The molecule has 0 aromatic carbocycles. The van der Waals surface area contributed by atoms with Crippen molar-refractivity contribution in [1.82, 2.24) is 10.2 Å². The van der Waals surface area contributed by atoms with E-state index in [0.717, 1.165) is 12.8 Å². The predicted molar refractivity (Wildman–Crippen MR) is 44.4 cm³/mol. The van der Waals surface area contributed by atoms with Crippen LogP contribution in [0.5, 0.6) is 0 Å². The fourth-order valence-electron chi connectivity index (χ4n) is 0.832. The minimum absolute atomic E-state index is 0.0623. The minimum Gasteiger partial charge on any atom is -0.335 e. The van der Waals surface area contributed by atoms with Crippen molar-refractivity contribution in [3.63, 3.8) is 0 Å². The summed E-state index contributed by atoms with van der Waals surface area (Å²) in [6.07, 6.45) is 2.59. The number of nitriles is 1. The smallest absolute Gasteiger partial charge is 0.317 e. The molecule has 66 valence electrons. The topological polar surface area (TPSA) is 56.1 Å². The molecule has 1 aliphatic carbocycles. The Bertz CT molecular complexity index is 205. The number of hydrogen-bond acceptors (Lipinski definition) is 2. The third kappa shape index (κ3) is 2.79. The molecule has 4 nitrogen and oxygen atoms in total. The molecule has 0 radical (unpaired) electrons. The number of nitrogens with one attached hydrogen (secondary N) is 1. The van der Waals surface area contributed by atoms with Gasteiger partial charge in [0.1, 0.15) is 0 Å². The van der Waals surface area contributed by atoms with E-state index in [1.54, 1.807) is 11.9 Å². The Labute approximate surface area is 72.2 Å². The quantitative estimate of drug-likeness (QED) is 0.672. The maximum atomic E-state index is 11.2. The number of nitrogens with zero attached hydrogens (tertiary/aromatic N) is 2. The molecule has 0 heterocycles. The van der Waals surface area contributed by atoms with Crippen LogP contribution in [0.1, 0.15) is 19.3 Å². The Morgan fingerprint density at radius 1 is 1.75 bits per heavy atom. The molecular weight excluding hydrogens is 154 g/mol. The van der Waals surface area contributed by atoms with Crippen molar-refractivity contribution in [2.75, 3.05) is 13.6 Å². The lowest BCUT2D eigenvalue weighted by Gasteiger charge is -2.15. The summed E-state index contributed by atoms with van der Waals surface area (Å²) < 4.78 is 0. The minimum atomic E-state index is -0.0623. The summed E-state index contributed by atoms with van der Waals surface area (Å²) in [6.45, 7) is 0.509. The predicted octanol–water partition coefficient (Wildman–Crippen LogP) is 0.704. The van der Waals surface area contributed by atoms with Crippen LogP contribution >= 0.6 is 0 Å². The lowest BCUT2D eigenvalue weighted by molar-refractivity contribution is 0.209. The van der Waals surface area contributed by atoms with E-state index in [4.69, 9.17) is 5.26 Å². The van der Waals surface area contributed by atoms with E-state index in [-0.39, 0.29) is 6.03 Å². The molecule has 0 aromatic rings. The largest absolute Gasteiger partial charge is 0.335 e. The van der Waals surface area contributed by atoms with Gasteiger partial charge in [0.2, 0.25) is 0 Å². The Morgan fingerprint density at radius 3 is 2.92 bits per heavy atom. The summed E-state index contributed by atoms with van der Waals surface area (Å²) in [5.74, 6) is 0. The van der Waals surface area contributed by atoms with Crippen LogP contribution in [0.15, 0.2) is 0 Å². The summed E-state index contributed by atoms with van der Waals surface area (Å²) in [5, 5.41) is 11.1. The van der Waals surface area contributed by atoms with Crippen molar-refractivity contribution in [1.29, 1.82) is 5.26 Å². The van der Waals surface area contributed by atoms with Crippen LogP contribution in [-0.2, 0) is 0 Å². The molecule has 1 rings (SSSR count). The zero-order valence-corrected chi connectivity index (χ0v) is 7.21. The Hall–Kier alpha value is -1.24. The van der Waals surface area contributed by atoms with E-state index in [1.807, 2.05) is 6.07 Å². The van der Waals surface area contributed by atoms with Gasteiger partial charge in [0.25, 0.3) is 0 Å². The summed E-state index contributed by atoms with van der Waals surface area (Å²) in [5.41, 5.74) is 0. The third-order valence-corrected chi connectivity index (χ3v) is 1.81. The first-order chi connectivity index (χ1) is 5.74. The van der Waals surface area contributed by atoms with Gasteiger partial charge in [0.05, 0.1) is 12.5 Å². The zero-order chi connectivity index (χ0) is 8.97. The van der Waals surface area contributed by atoms with Gasteiger partial charge < -0.3 is 10.2 Å². The summed E-state index contributed by atoms with van der Waals surface area (Å²) in [6, 6.07) is 2.33. The maximum absolute atomic E-state index is 11.2. The molecule has 1 aliphatic rings. The van der Waals surface area contributed by atoms with E-state index in [1.165, 1.54) is 0 Å². The second-order valence-electron chi connectivity index (χ2n) is 3.05. The first-order valence-corrected chi connectivity index (χ1v) is 4.12. The van der Waals surface area contributed by atoms with Gasteiger partial charge in [0.15, 0.2) is 0 Å². The van der Waals surface area contributed by atoms with Crippen LogP contribution in [0.25, 0.3) is 0 Å². The molecule has 0 bridgehead atoms. The number of hydrogen-bond donors (Lipinski definition) is 1. The van der Waals surface area contributed by atoms with Gasteiger partial charge in [-0.15, -0.1) is 0 Å². The van der Waals surface area contributed by atoms with E-state index in [2.05, 4.69) is 5.32 Å². The van der Waals surface area contributed by atoms with Gasteiger partial charge in [-0.25, -0.2) is 4.79 Å². The molecule has 0 atom stereocenters. The standard InChI is InChI=1S/C8H13N3O/c1-11(6-2-5-9)8(12)10-7-3-4-7/h7H,2-4,6H2,1H3,(H,10,12). The molecule has 0 aromatic heterocycles. The van der Waals surface area contributed by atoms with Crippen molar-refractivity contribution < 1.29 is 4.79 Å². The van der Waals surface area contributed by atoms with Gasteiger partial charge >= 0.3 is 6.03 Å². The SMILES string of the molecule is CN(CCC#N)C(=O)NC1CC1. The number of amides is 2. The Morgan fingerprint density at radius 2 is 2.42 bits per heavy atom. The highest BCUT2D eigenvalue weighted by atomic mass is 16.2. The number of urea groups is 1. The van der Waals surface area contributed by atoms with Crippen molar-refractivity contribution in [2.45, 2.75) is 25.3 Å². The number of carbonyl (C=O) groups is 1. The zero-order valence-electron chi connectivity index (χ0n) is 7.21.